The van der Waals surface area contributed by atoms with E-state index in [4.69, 9.17) is 22.7 Å². The van der Waals surface area contributed by atoms with Crippen LogP contribution in [0.4, 0.5) is 0 Å². The maximum Gasteiger partial charge on any atom is 0.233 e. The van der Waals surface area contributed by atoms with Crippen molar-refractivity contribution in [3.05, 3.63) is 0 Å². The molecule has 2 saturated heterocycles. The molecule has 2 heterocycles. The molecule has 0 unspecified atom stereocenters. The Labute approximate surface area is 126 Å². The zero-order valence-electron chi connectivity index (χ0n) is 12.2. The molecule has 0 bridgehead atoms. The van der Waals surface area contributed by atoms with E-state index >= 15 is 0 Å². The molecular formula is C14H25N3O2S. The number of likely N-dealkylation sites (tertiary alicyclic amines) is 1. The van der Waals surface area contributed by atoms with Crippen LogP contribution >= 0.6 is 12.2 Å². The molecule has 6 heteroatoms. The minimum atomic E-state index is -0.695. The summed E-state index contributed by atoms with van der Waals surface area (Å²) in [6.07, 6.45) is 3.48. The molecule has 0 saturated carbocycles. The van der Waals surface area contributed by atoms with Crippen molar-refractivity contribution in [2.24, 2.45) is 17.1 Å². The van der Waals surface area contributed by atoms with Crippen LogP contribution < -0.4 is 11.1 Å². The van der Waals surface area contributed by atoms with E-state index in [0.29, 0.717) is 37.0 Å². The molecule has 0 aromatic carbocycles. The van der Waals surface area contributed by atoms with E-state index in [1.165, 1.54) is 0 Å². The zero-order valence-corrected chi connectivity index (χ0v) is 13.0. The van der Waals surface area contributed by atoms with Gasteiger partial charge in [-0.25, -0.2) is 0 Å². The first-order valence-electron chi connectivity index (χ1n) is 7.39. The largest absolute Gasteiger partial charge is 0.392 e. The summed E-state index contributed by atoms with van der Waals surface area (Å²) in [5.41, 5.74) is 5.14. The molecule has 2 aliphatic heterocycles. The van der Waals surface area contributed by atoms with Crippen molar-refractivity contribution >= 4 is 23.1 Å². The summed E-state index contributed by atoms with van der Waals surface area (Å²) >= 11 is 5.14. The first-order valence-corrected chi connectivity index (χ1v) is 7.80. The third-order valence-corrected chi connectivity index (χ3v) is 5.03. The van der Waals surface area contributed by atoms with Gasteiger partial charge in [0.15, 0.2) is 0 Å². The maximum atomic E-state index is 12.5. The minimum absolute atomic E-state index is 0.00720. The van der Waals surface area contributed by atoms with E-state index in [9.17, 15) is 4.79 Å². The number of hydrogen-bond acceptors (Lipinski definition) is 4. The number of thiocarbonyl (C=S) groups is 1. The lowest BCUT2D eigenvalue weighted by molar-refractivity contribution is -0.131. The summed E-state index contributed by atoms with van der Waals surface area (Å²) in [7, 11) is 2.14. The zero-order chi connectivity index (χ0) is 14.6. The lowest BCUT2D eigenvalue weighted by Gasteiger charge is -2.35. The smallest absolute Gasteiger partial charge is 0.233 e. The van der Waals surface area contributed by atoms with Crippen molar-refractivity contribution in [1.82, 2.24) is 10.2 Å². The first-order chi connectivity index (χ1) is 9.54. The highest BCUT2D eigenvalue weighted by Crippen LogP contribution is 2.31. The topological polar surface area (TPSA) is 67.6 Å². The van der Waals surface area contributed by atoms with Gasteiger partial charge in [0.2, 0.25) is 5.91 Å². The van der Waals surface area contributed by atoms with E-state index in [1.807, 2.05) is 0 Å². The molecule has 2 aliphatic rings. The molecule has 2 fully saturated rings. The SMILES string of the molecule is CN1CCC(CNC(=O)C2(C(N)=S)CCOCC2)CC1. The number of nitrogens with one attached hydrogen (secondary N) is 1. The molecule has 0 spiro atoms. The van der Waals surface area contributed by atoms with Crippen LogP contribution in [0.2, 0.25) is 0 Å². The van der Waals surface area contributed by atoms with Crippen LogP contribution in [0.5, 0.6) is 0 Å². The van der Waals surface area contributed by atoms with E-state index in [1.54, 1.807) is 0 Å². The number of nitrogens with zero attached hydrogens (tertiary/aromatic N) is 1. The first kappa shape index (κ1) is 15.7. The summed E-state index contributed by atoms with van der Waals surface area (Å²) in [4.78, 5) is 15.2. The van der Waals surface area contributed by atoms with Crippen molar-refractivity contribution in [2.45, 2.75) is 25.7 Å². The van der Waals surface area contributed by atoms with Crippen LogP contribution in [0, 0.1) is 11.3 Å². The molecule has 20 heavy (non-hydrogen) atoms. The summed E-state index contributed by atoms with van der Waals surface area (Å²) in [6, 6.07) is 0. The Bertz CT molecular complexity index is 361. The fourth-order valence-corrected chi connectivity index (χ4v) is 3.27. The third-order valence-electron chi connectivity index (χ3n) is 4.64. The standard InChI is InChI=1S/C14H25N3O2S/c1-17-6-2-11(3-7-17)10-16-13(18)14(12(15)20)4-8-19-9-5-14/h11H,2-10H2,1H3,(H2,15,20)(H,16,18). The number of ether oxygens (including phenoxy) is 1. The van der Waals surface area contributed by atoms with Gasteiger partial charge in [-0.15, -0.1) is 0 Å². The Hall–Kier alpha value is -0.720. The van der Waals surface area contributed by atoms with Crippen LogP contribution in [0.25, 0.3) is 0 Å². The Morgan fingerprint density at radius 1 is 1.40 bits per heavy atom. The fourth-order valence-electron chi connectivity index (χ4n) is 2.98. The number of carbonyl (C=O) groups excluding carboxylic acids is 1. The van der Waals surface area contributed by atoms with Crippen LogP contribution in [0.1, 0.15) is 25.7 Å². The van der Waals surface area contributed by atoms with Gasteiger partial charge in [-0.3, -0.25) is 4.79 Å². The second kappa shape index (κ2) is 6.83. The second-order valence-corrected chi connectivity index (χ2v) is 6.46. The van der Waals surface area contributed by atoms with E-state index in [0.717, 1.165) is 32.5 Å². The molecule has 0 atom stereocenters. The molecule has 1 amide bonds. The average molecular weight is 299 g/mol. The molecule has 0 aromatic heterocycles. The summed E-state index contributed by atoms with van der Waals surface area (Å²) in [5.74, 6) is 0.561. The van der Waals surface area contributed by atoms with Crippen LogP contribution in [0.15, 0.2) is 0 Å². The lowest BCUT2D eigenvalue weighted by Crippen LogP contribution is -2.52. The van der Waals surface area contributed by atoms with Crippen molar-refractivity contribution in [3.63, 3.8) is 0 Å². The second-order valence-electron chi connectivity index (χ2n) is 6.02. The van der Waals surface area contributed by atoms with Crippen LogP contribution in [0.3, 0.4) is 0 Å². The number of carbonyl (C=O) groups is 1. The highest BCUT2D eigenvalue weighted by Gasteiger charge is 2.43. The number of amides is 1. The fraction of sp³-hybridized carbons (Fsp3) is 0.857. The van der Waals surface area contributed by atoms with Crippen molar-refractivity contribution < 1.29 is 9.53 Å². The van der Waals surface area contributed by atoms with Gasteiger partial charge in [0, 0.05) is 19.8 Å². The monoisotopic (exact) mass is 299 g/mol. The normalized spacial score (nSPS) is 24.2. The third kappa shape index (κ3) is 3.48. The van der Waals surface area contributed by atoms with Gasteiger partial charge in [-0.05, 0) is 51.7 Å². The van der Waals surface area contributed by atoms with Gasteiger partial charge in [0.25, 0.3) is 0 Å². The molecule has 2 rings (SSSR count). The number of hydrogen-bond donors (Lipinski definition) is 2. The van der Waals surface area contributed by atoms with Crippen LogP contribution in [-0.4, -0.2) is 55.7 Å². The summed E-state index contributed by atoms with van der Waals surface area (Å²) in [6.45, 7) is 4.06. The Morgan fingerprint density at radius 3 is 2.55 bits per heavy atom. The quantitative estimate of drug-likeness (QED) is 0.741. The Kier molecular flexibility index (Phi) is 5.35. The molecule has 114 valence electrons. The number of nitrogens with two attached hydrogens (primary N) is 1. The minimum Gasteiger partial charge on any atom is -0.392 e. The van der Waals surface area contributed by atoms with Crippen molar-refractivity contribution in [1.29, 1.82) is 0 Å². The number of rotatable bonds is 4. The average Bonchev–Trinajstić information content (AvgIpc) is 2.47. The molecule has 0 aromatic rings. The Morgan fingerprint density at radius 2 is 2.00 bits per heavy atom. The molecule has 0 aliphatic carbocycles. The van der Waals surface area contributed by atoms with Crippen molar-refractivity contribution in [2.75, 3.05) is 39.9 Å². The number of piperidine rings is 1. The van der Waals surface area contributed by atoms with Crippen LogP contribution in [-0.2, 0) is 9.53 Å². The van der Waals surface area contributed by atoms with Gasteiger partial charge in [0.1, 0.15) is 5.41 Å². The molecular weight excluding hydrogens is 274 g/mol. The maximum absolute atomic E-state index is 12.5. The van der Waals surface area contributed by atoms with Gasteiger partial charge >= 0.3 is 0 Å². The summed E-state index contributed by atoms with van der Waals surface area (Å²) < 4.78 is 5.33. The molecule has 0 radical (unpaired) electrons. The molecule has 5 nitrogen and oxygen atoms in total. The van der Waals surface area contributed by atoms with E-state index in [2.05, 4.69) is 17.3 Å². The predicted octanol–water partition coefficient (Wildman–Crippen LogP) is 0.527. The van der Waals surface area contributed by atoms with Gasteiger partial charge in [-0.1, -0.05) is 12.2 Å². The van der Waals surface area contributed by atoms with E-state index < -0.39 is 5.41 Å². The predicted molar refractivity (Wildman–Crippen MR) is 82.5 cm³/mol. The van der Waals surface area contributed by atoms with Crippen molar-refractivity contribution in [3.8, 4) is 0 Å². The van der Waals surface area contributed by atoms with Gasteiger partial charge in [0.05, 0.1) is 4.99 Å². The van der Waals surface area contributed by atoms with Gasteiger partial charge < -0.3 is 20.7 Å². The molecule has 3 N–H and O–H groups in total. The Balaban J connectivity index is 1.87. The summed E-state index contributed by atoms with van der Waals surface area (Å²) in [5, 5.41) is 3.08. The van der Waals surface area contributed by atoms with E-state index in [-0.39, 0.29) is 5.91 Å². The highest BCUT2D eigenvalue weighted by molar-refractivity contribution is 7.80. The highest BCUT2D eigenvalue weighted by atomic mass is 32.1. The van der Waals surface area contributed by atoms with Gasteiger partial charge in [-0.2, -0.15) is 0 Å². The lowest BCUT2D eigenvalue weighted by atomic mass is 9.79.